The summed E-state index contributed by atoms with van der Waals surface area (Å²) < 4.78 is 0. The number of hydrogen-bond acceptors (Lipinski definition) is 3. The molecule has 1 atom stereocenters. The van der Waals surface area contributed by atoms with Crippen LogP contribution in [0.3, 0.4) is 0 Å². The van der Waals surface area contributed by atoms with E-state index in [1.165, 1.54) is 24.1 Å². The lowest BCUT2D eigenvalue weighted by Gasteiger charge is -2.29. The number of nitrogens with zero attached hydrogens (tertiary/aromatic N) is 2. The first-order chi connectivity index (χ1) is 8.59. The molecule has 0 aromatic carbocycles. The molecule has 1 aromatic heterocycles. The Bertz CT molecular complexity index is 385. The zero-order valence-electron chi connectivity index (χ0n) is 12.0. The third-order valence-electron chi connectivity index (χ3n) is 3.87. The second kappa shape index (κ2) is 5.70. The maximum Gasteiger partial charge on any atom is 0.0442 e. The molecule has 1 aliphatic carbocycles. The van der Waals surface area contributed by atoms with Gasteiger partial charge in [0.2, 0.25) is 0 Å². The van der Waals surface area contributed by atoms with Crippen LogP contribution in [0.2, 0.25) is 0 Å². The molecule has 3 heteroatoms. The Kier molecular flexibility index (Phi) is 4.23. The molecule has 1 aliphatic rings. The lowest BCUT2D eigenvalue weighted by molar-refractivity contribution is 0.578. The molecule has 1 saturated carbocycles. The van der Waals surface area contributed by atoms with Gasteiger partial charge in [-0.15, -0.1) is 0 Å². The number of pyridine rings is 1. The van der Waals surface area contributed by atoms with Gasteiger partial charge in [0.15, 0.2) is 0 Å². The normalized spacial score (nSPS) is 16.9. The molecule has 3 nitrogen and oxygen atoms in total. The fourth-order valence-electron chi connectivity index (χ4n) is 2.33. The molecule has 0 radical (unpaired) electrons. The molecule has 0 aliphatic heterocycles. The van der Waals surface area contributed by atoms with Crippen molar-refractivity contribution in [1.82, 2.24) is 10.3 Å². The smallest absolute Gasteiger partial charge is 0.0442 e. The zero-order valence-corrected chi connectivity index (χ0v) is 12.0. The molecule has 0 bridgehead atoms. The molecule has 0 saturated heterocycles. The van der Waals surface area contributed by atoms with Crippen molar-refractivity contribution in [3.63, 3.8) is 0 Å². The summed E-state index contributed by atoms with van der Waals surface area (Å²) in [4.78, 5) is 6.67. The van der Waals surface area contributed by atoms with Gasteiger partial charge in [-0.25, -0.2) is 0 Å². The molecular formula is C15H25N3. The summed E-state index contributed by atoms with van der Waals surface area (Å²) in [5.41, 5.74) is 2.61. The van der Waals surface area contributed by atoms with Gasteiger partial charge in [-0.2, -0.15) is 0 Å². The molecule has 100 valence electrons. The first-order valence-electron chi connectivity index (χ1n) is 6.98. The molecule has 18 heavy (non-hydrogen) atoms. The van der Waals surface area contributed by atoms with E-state index >= 15 is 0 Å². The van der Waals surface area contributed by atoms with Gasteiger partial charge in [0.1, 0.15) is 0 Å². The second-order valence-corrected chi connectivity index (χ2v) is 5.73. The van der Waals surface area contributed by atoms with E-state index in [0.717, 1.165) is 12.5 Å². The summed E-state index contributed by atoms with van der Waals surface area (Å²) in [6, 6.07) is 3.27. The Labute approximate surface area is 111 Å². The van der Waals surface area contributed by atoms with E-state index < -0.39 is 0 Å². The summed E-state index contributed by atoms with van der Waals surface area (Å²) >= 11 is 0. The van der Waals surface area contributed by atoms with Gasteiger partial charge < -0.3 is 10.2 Å². The summed E-state index contributed by atoms with van der Waals surface area (Å²) in [5.74, 6) is 0.883. The van der Waals surface area contributed by atoms with Crippen LogP contribution in [-0.2, 0) is 6.54 Å². The Morgan fingerprint density at radius 1 is 1.39 bits per heavy atom. The van der Waals surface area contributed by atoms with Crippen molar-refractivity contribution in [2.24, 2.45) is 5.92 Å². The van der Waals surface area contributed by atoms with E-state index in [-0.39, 0.29) is 0 Å². The fourth-order valence-corrected chi connectivity index (χ4v) is 2.33. The highest BCUT2D eigenvalue weighted by Gasteiger charge is 2.31. The van der Waals surface area contributed by atoms with Crippen LogP contribution in [0.15, 0.2) is 18.5 Å². The molecule has 1 aromatic rings. The third kappa shape index (κ3) is 3.22. The molecule has 1 N–H and O–H groups in total. The van der Waals surface area contributed by atoms with Crippen molar-refractivity contribution in [1.29, 1.82) is 0 Å². The minimum Gasteiger partial charge on any atom is -0.371 e. The molecule has 1 heterocycles. The van der Waals surface area contributed by atoms with Gasteiger partial charge in [0.05, 0.1) is 0 Å². The van der Waals surface area contributed by atoms with E-state index in [1.54, 1.807) is 0 Å². The minimum absolute atomic E-state index is 0.504. The maximum absolute atomic E-state index is 4.26. The summed E-state index contributed by atoms with van der Waals surface area (Å²) in [7, 11) is 2.21. The Morgan fingerprint density at radius 3 is 2.72 bits per heavy atom. The SMILES string of the molecule is CC(C)NCc1cnccc1N(C)C(C)C1CC1. The monoisotopic (exact) mass is 247 g/mol. The standard InChI is InChI=1S/C15H25N3/c1-11(2)17-10-14-9-16-8-7-15(14)18(4)12(3)13-5-6-13/h7-9,11-13,17H,5-6,10H2,1-4H3. The van der Waals surface area contributed by atoms with Crippen LogP contribution < -0.4 is 10.2 Å². The maximum atomic E-state index is 4.26. The molecular weight excluding hydrogens is 222 g/mol. The fraction of sp³-hybridized carbons (Fsp3) is 0.667. The average molecular weight is 247 g/mol. The average Bonchev–Trinajstić information content (AvgIpc) is 3.19. The van der Waals surface area contributed by atoms with Crippen molar-refractivity contribution in [2.75, 3.05) is 11.9 Å². The van der Waals surface area contributed by atoms with Crippen molar-refractivity contribution >= 4 is 5.69 Å². The second-order valence-electron chi connectivity index (χ2n) is 5.73. The van der Waals surface area contributed by atoms with Crippen LogP contribution in [0.1, 0.15) is 39.2 Å². The van der Waals surface area contributed by atoms with E-state index in [1.807, 2.05) is 12.4 Å². The van der Waals surface area contributed by atoms with Crippen LogP contribution in [0, 0.1) is 5.92 Å². The van der Waals surface area contributed by atoms with Crippen molar-refractivity contribution in [3.05, 3.63) is 24.0 Å². The summed E-state index contributed by atoms with van der Waals surface area (Å²) in [6.45, 7) is 7.57. The number of hydrogen-bond donors (Lipinski definition) is 1. The van der Waals surface area contributed by atoms with Crippen LogP contribution in [0.5, 0.6) is 0 Å². The van der Waals surface area contributed by atoms with E-state index in [9.17, 15) is 0 Å². The minimum atomic E-state index is 0.504. The lowest BCUT2D eigenvalue weighted by atomic mass is 10.1. The van der Waals surface area contributed by atoms with Gasteiger partial charge in [0.25, 0.3) is 0 Å². The van der Waals surface area contributed by atoms with Crippen LogP contribution in [-0.4, -0.2) is 24.1 Å². The highest BCUT2D eigenvalue weighted by Crippen LogP contribution is 2.36. The van der Waals surface area contributed by atoms with Crippen molar-refractivity contribution in [3.8, 4) is 0 Å². The Balaban J connectivity index is 2.10. The molecule has 2 rings (SSSR count). The lowest BCUT2D eigenvalue weighted by Crippen LogP contribution is -2.32. The number of aromatic nitrogens is 1. The van der Waals surface area contributed by atoms with Gasteiger partial charge in [-0.3, -0.25) is 4.98 Å². The topological polar surface area (TPSA) is 28.2 Å². The Morgan fingerprint density at radius 2 is 2.11 bits per heavy atom. The van der Waals surface area contributed by atoms with Crippen molar-refractivity contribution in [2.45, 2.75) is 52.2 Å². The van der Waals surface area contributed by atoms with Gasteiger partial charge >= 0.3 is 0 Å². The van der Waals surface area contributed by atoms with Crippen LogP contribution in [0.25, 0.3) is 0 Å². The molecule has 0 spiro atoms. The molecule has 0 amide bonds. The molecule has 1 unspecified atom stereocenters. The highest BCUT2D eigenvalue weighted by molar-refractivity contribution is 5.52. The van der Waals surface area contributed by atoms with Crippen LogP contribution >= 0.6 is 0 Å². The van der Waals surface area contributed by atoms with E-state index in [0.29, 0.717) is 12.1 Å². The number of anilines is 1. The highest BCUT2D eigenvalue weighted by atomic mass is 15.1. The number of rotatable bonds is 6. The first kappa shape index (κ1) is 13.3. The third-order valence-corrected chi connectivity index (χ3v) is 3.87. The molecule has 1 fully saturated rings. The zero-order chi connectivity index (χ0) is 13.1. The number of nitrogens with one attached hydrogen (secondary N) is 1. The first-order valence-corrected chi connectivity index (χ1v) is 6.98. The predicted molar refractivity (Wildman–Crippen MR) is 76.8 cm³/mol. The summed E-state index contributed by atoms with van der Waals surface area (Å²) in [6.07, 6.45) is 6.65. The van der Waals surface area contributed by atoms with Gasteiger partial charge in [-0.1, -0.05) is 13.8 Å². The van der Waals surface area contributed by atoms with E-state index in [2.05, 4.69) is 49.1 Å². The summed E-state index contributed by atoms with van der Waals surface area (Å²) in [5, 5.41) is 3.47. The van der Waals surface area contributed by atoms with E-state index in [4.69, 9.17) is 0 Å². The Hall–Kier alpha value is -1.09. The van der Waals surface area contributed by atoms with Crippen LogP contribution in [0.4, 0.5) is 5.69 Å². The predicted octanol–water partition coefficient (Wildman–Crippen LogP) is 2.81. The van der Waals surface area contributed by atoms with Gasteiger partial charge in [-0.05, 0) is 31.7 Å². The largest absolute Gasteiger partial charge is 0.371 e. The van der Waals surface area contributed by atoms with Gasteiger partial charge in [0, 0.05) is 49.3 Å². The quantitative estimate of drug-likeness (QED) is 0.838. The van der Waals surface area contributed by atoms with Crippen molar-refractivity contribution < 1.29 is 0 Å².